The molecule has 1 aromatic rings. The first kappa shape index (κ1) is 44.7. The van der Waals surface area contributed by atoms with Crippen LogP contribution in [0.2, 0.25) is 0 Å². The van der Waals surface area contributed by atoms with Crippen molar-refractivity contribution in [1.82, 2.24) is 36.4 Å². The number of benzene rings is 1. The van der Waals surface area contributed by atoms with Gasteiger partial charge in [0.15, 0.2) is 0 Å². The highest BCUT2D eigenvalue weighted by atomic mass is 16.6. The minimum atomic E-state index is -1.19. The van der Waals surface area contributed by atoms with E-state index in [-0.39, 0.29) is 56.0 Å². The Balaban J connectivity index is 1.50. The molecule has 5 N–H and O–H groups in total. The van der Waals surface area contributed by atoms with Gasteiger partial charge < -0.3 is 41.1 Å². The summed E-state index contributed by atoms with van der Waals surface area (Å²) in [6.45, 7) is 9.46. The number of carbonyl (C=O) groups excluding carboxylic acids is 8. The number of hydrogen-bond acceptors (Lipinski definition) is 9. The Bertz CT molecular complexity index is 1650. The molecule has 7 amide bonds. The quantitative estimate of drug-likeness (QED) is 0.102. The molecule has 5 atom stereocenters. The lowest BCUT2D eigenvalue weighted by Crippen LogP contribution is -2.59. The molecule has 1 saturated heterocycles. The lowest BCUT2D eigenvalue weighted by Gasteiger charge is -2.32. The number of rotatable bonds is 19. The Kier molecular flexibility index (Phi) is 16.4. The summed E-state index contributed by atoms with van der Waals surface area (Å²) in [7, 11) is 1.54. The molecule has 0 spiro atoms. The molecule has 0 bridgehead atoms. The van der Waals surface area contributed by atoms with Gasteiger partial charge in [0, 0.05) is 45.4 Å². The number of fused-ring (bicyclic) bond motifs is 1. The van der Waals surface area contributed by atoms with Crippen LogP contribution >= 0.6 is 0 Å². The highest BCUT2D eigenvalue weighted by Crippen LogP contribution is 2.26. The highest BCUT2D eigenvalue weighted by Gasteiger charge is 2.46. The summed E-state index contributed by atoms with van der Waals surface area (Å²) in [4.78, 5) is 109. The highest BCUT2D eigenvalue weighted by molar-refractivity contribution is 6.38. The molecule has 0 aromatic heterocycles. The van der Waals surface area contributed by atoms with Crippen molar-refractivity contribution < 1.29 is 43.1 Å². The smallest absolute Gasteiger partial charge is 0.410 e. The van der Waals surface area contributed by atoms with Crippen molar-refractivity contribution in [2.75, 3.05) is 20.1 Å². The lowest BCUT2D eigenvalue weighted by molar-refractivity contribution is -0.144. The molecular formula is C41H61N7O9. The van der Waals surface area contributed by atoms with Crippen LogP contribution in [0.3, 0.4) is 0 Å². The predicted molar refractivity (Wildman–Crippen MR) is 210 cm³/mol. The van der Waals surface area contributed by atoms with E-state index in [4.69, 9.17) is 4.74 Å². The maximum Gasteiger partial charge on any atom is 0.410 e. The largest absolute Gasteiger partial charge is 0.444 e. The van der Waals surface area contributed by atoms with Crippen molar-refractivity contribution in [1.29, 1.82) is 0 Å². The SMILES string of the molecule is CCCC(NC(=O)[C@@H]1C[C@@H](OC(=O)N2CCc3ccccc3C2)CN1C(=O)[C@@H](NC(=O)[C@@H](NC(=O)CCCCC(=O)NC)C(C)C)C(C)C)C(=O)C(=O)NC1CC1. The maximum atomic E-state index is 14.5. The number of amides is 7. The van der Waals surface area contributed by atoms with E-state index in [1.807, 2.05) is 31.2 Å². The van der Waals surface area contributed by atoms with Gasteiger partial charge in [-0.3, -0.25) is 33.6 Å². The molecule has 2 heterocycles. The fourth-order valence-electron chi connectivity index (χ4n) is 7.12. The number of ether oxygens (including phenoxy) is 1. The van der Waals surface area contributed by atoms with Crippen LogP contribution in [0, 0.1) is 11.8 Å². The normalized spacial score (nSPS) is 19.2. The van der Waals surface area contributed by atoms with Gasteiger partial charge in [0.25, 0.3) is 5.91 Å². The first-order valence-electron chi connectivity index (χ1n) is 20.4. The molecule has 314 valence electrons. The van der Waals surface area contributed by atoms with E-state index in [0.717, 1.165) is 24.0 Å². The van der Waals surface area contributed by atoms with Gasteiger partial charge in [0.1, 0.15) is 24.2 Å². The van der Waals surface area contributed by atoms with E-state index in [9.17, 15) is 38.4 Å². The predicted octanol–water partition coefficient (Wildman–Crippen LogP) is 1.87. The third kappa shape index (κ3) is 12.7. The van der Waals surface area contributed by atoms with Crippen molar-refractivity contribution >= 4 is 47.3 Å². The van der Waals surface area contributed by atoms with E-state index in [1.54, 1.807) is 39.6 Å². The van der Waals surface area contributed by atoms with Crippen molar-refractivity contribution in [2.45, 2.75) is 142 Å². The molecule has 16 nitrogen and oxygen atoms in total. The lowest BCUT2D eigenvalue weighted by atomic mass is 9.98. The fraction of sp³-hybridized carbons (Fsp3) is 0.659. The number of nitrogens with one attached hydrogen (secondary N) is 5. The molecule has 1 unspecified atom stereocenters. The summed E-state index contributed by atoms with van der Waals surface area (Å²) in [5.41, 5.74) is 2.16. The van der Waals surface area contributed by atoms with Gasteiger partial charge in [-0.1, -0.05) is 65.3 Å². The Morgan fingerprint density at radius 1 is 0.842 bits per heavy atom. The number of nitrogens with zero attached hydrogens (tertiary/aromatic N) is 2. The average molecular weight is 796 g/mol. The average Bonchev–Trinajstić information content (AvgIpc) is 3.90. The third-order valence-electron chi connectivity index (χ3n) is 10.7. The summed E-state index contributed by atoms with van der Waals surface area (Å²) in [6.07, 6.45) is 2.70. The second kappa shape index (κ2) is 20.9. The number of unbranched alkanes of at least 4 members (excludes halogenated alkanes) is 1. The molecule has 4 rings (SSSR count). The molecule has 2 aliphatic heterocycles. The van der Waals surface area contributed by atoms with Crippen molar-refractivity contribution in [3.63, 3.8) is 0 Å². The van der Waals surface area contributed by atoms with Crippen LogP contribution in [0.1, 0.15) is 104 Å². The Labute approximate surface area is 335 Å². The summed E-state index contributed by atoms with van der Waals surface area (Å²) in [5.74, 6) is -4.72. The zero-order valence-corrected chi connectivity index (χ0v) is 34.2. The minimum Gasteiger partial charge on any atom is -0.444 e. The Morgan fingerprint density at radius 2 is 1.49 bits per heavy atom. The van der Waals surface area contributed by atoms with Crippen LogP contribution in [-0.4, -0.2) is 114 Å². The third-order valence-corrected chi connectivity index (χ3v) is 10.7. The molecule has 3 aliphatic rings. The number of ketones is 1. The van der Waals surface area contributed by atoms with Crippen molar-refractivity contribution in [3.05, 3.63) is 35.4 Å². The van der Waals surface area contributed by atoms with Gasteiger partial charge >= 0.3 is 6.09 Å². The van der Waals surface area contributed by atoms with E-state index < -0.39 is 71.7 Å². The van der Waals surface area contributed by atoms with Crippen LogP contribution < -0.4 is 26.6 Å². The van der Waals surface area contributed by atoms with Gasteiger partial charge in [-0.05, 0) is 61.5 Å². The number of hydrogen-bond donors (Lipinski definition) is 5. The summed E-state index contributed by atoms with van der Waals surface area (Å²) < 4.78 is 5.94. The first-order chi connectivity index (χ1) is 27.1. The van der Waals surface area contributed by atoms with E-state index in [1.165, 1.54) is 4.90 Å². The van der Waals surface area contributed by atoms with Gasteiger partial charge in [-0.2, -0.15) is 0 Å². The van der Waals surface area contributed by atoms with Crippen LogP contribution in [0.4, 0.5) is 4.79 Å². The minimum absolute atomic E-state index is 0.0572. The van der Waals surface area contributed by atoms with Crippen LogP contribution in [0.15, 0.2) is 24.3 Å². The summed E-state index contributed by atoms with van der Waals surface area (Å²) >= 11 is 0. The van der Waals surface area contributed by atoms with Gasteiger partial charge in [0.2, 0.25) is 35.3 Å². The monoisotopic (exact) mass is 795 g/mol. The second-order valence-electron chi connectivity index (χ2n) is 16.0. The van der Waals surface area contributed by atoms with Gasteiger partial charge in [0.05, 0.1) is 12.6 Å². The fourth-order valence-corrected chi connectivity index (χ4v) is 7.12. The van der Waals surface area contributed by atoms with Gasteiger partial charge in [-0.15, -0.1) is 0 Å². The van der Waals surface area contributed by atoms with Gasteiger partial charge in [-0.25, -0.2) is 4.79 Å². The van der Waals surface area contributed by atoms with E-state index in [2.05, 4.69) is 26.6 Å². The molecule has 0 radical (unpaired) electrons. The van der Waals surface area contributed by atoms with Crippen LogP contribution in [0.25, 0.3) is 0 Å². The molecule has 1 saturated carbocycles. The molecule has 16 heteroatoms. The zero-order valence-electron chi connectivity index (χ0n) is 34.2. The standard InChI is InChI=1S/C41H61N7O9/c1-7-12-30(36(51)39(54)43-28-17-18-28)44-37(52)31-21-29(57-41(56)47-20-19-26-13-8-9-14-27(26)22-47)23-48(31)40(55)35(25(4)5)46-38(53)34(24(2)3)45-33(50)16-11-10-15-32(49)42-6/h8-9,13-14,24-25,28-31,34-35H,7,10-12,15-23H2,1-6H3,(H,42,49)(H,43,54)(H,44,52)(H,45,50)(H,46,53)/t29-,30?,31+,34+,35+/m1/s1. The van der Waals surface area contributed by atoms with E-state index >= 15 is 0 Å². The summed E-state index contributed by atoms with van der Waals surface area (Å²) in [6, 6.07) is 3.34. The molecule has 2 fully saturated rings. The maximum absolute atomic E-state index is 14.5. The number of Topliss-reactive ketones (excluding diaryl/α,β-unsaturated/α-hetero) is 1. The zero-order chi connectivity index (χ0) is 41.8. The summed E-state index contributed by atoms with van der Waals surface area (Å²) in [5, 5.41) is 13.5. The molecule has 1 aliphatic carbocycles. The molecule has 1 aromatic carbocycles. The van der Waals surface area contributed by atoms with Crippen LogP contribution in [-0.2, 0) is 51.3 Å². The molecule has 57 heavy (non-hydrogen) atoms. The Morgan fingerprint density at radius 3 is 2.11 bits per heavy atom. The van der Waals surface area contributed by atoms with Crippen molar-refractivity contribution in [2.24, 2.45) is 11.8 Å². The Hall–Kier alpha value is -5.02. The number of carbonyl (C=O) groups is 8. The van der Waals surface area contributed by atoms with Crippen molar-refractivity contribution in [3.8, 4) is 0 Å². The van der Waals surface area contributed by atoms with E-state index in [0.29, 0.717) is 38.8 Å². The second-order valence-corrected chi connectivity index (χ2v) is 16.0. The topological polar surface area (TPSA) is 212 Å². The first-order valence-corrected chi connectivity index (χ1v) is 20.4. The molecular weight excluding hydrogens is 734 g/mol. The van der Waals surface area contributed by atoms with Crippen LogP contribution in [0.5, 0.6) is 0 Å². The number of likely N-dealkylation sites (tertiary alicyclic amines) is 1.